The summed E-state index contributed by atoms with van der Waals surface area (Å²) in [6, 6.07) is 5.35. The molecule has 1 aromatic carbocycles. The lowest BCUT2D eigenvalue weighted by atomic mass is 10.1. The Balaban J connectivity index is 2.29. The van der Waals surface area contributed by atoms with Gasteiger partial charge in [-0.3, -0.25) is 0 Å². The van der Waals surface area contributed by atoms with E-state index in [9.17, 15) is 18.3 Å². The smallest absolute Gasteiger partial charge is 0.406 e. The van der Waals surface area contributed by atoms with Crippen molar-refractivity contribution in [2.45, 2.75) is 32.4 Å². The number of hydrogen-bond donors (Lipinski definition) is 1. The van der Waals surface area contributed by atoms with Crippen molar-refractivity contribution in [1.29, 1.82) is 0 Å². The van der Waals surface area contributed by atoms with E-state index in [0.29, 0.717) is 11.3 Å². The molecule has 2 aromatic rings. The van der Waals surface area contributed by atoms with Crippen molar-refractivity contribution in [2.24, 2.45) is 0 Å². The maximum absolute atomic E-state index is 12.2. The fourth-order valence-corrected chi connectivity index (χ4v) is 2.01. The largest absolute Gasteiger partial charge is 0.573 e. The van der Waals surface area contributed by atoms with E-state index in [4.69, 9.17) is 0 Å². The molecule has 7 heteroatoms. The molecule has 0 amide bonds. The molecular weight excluding hydrogens is 285 g/mol. The zero-order valence-corrected chi connectivity index (χ0v) is 11.5. The number of alkyl halides is 3. The summed E-state index contributed by atoms with van der Waals surface area (Å²) in [7, 11) is 0. The van der Waals surface area contributed by atoms with Gasteiger partial charge in [0.25, 0.3) is 0 Å². The third kappa shape index (κ3) is 3.75. The number of imidazole rings is 1. The zero-order chi connectivity index (χ0) is 15.6. The first kappa shape index (κ1) is 15.4. The molecule has 0 spiro atoms. The average Bonchev–Trinajstić information content (AvgIpc) is 2.85. The maximum atomic E-state index is 12.2. The van der Waals surface area contributed by atoms with E-state index < -0.39 is 12.5 Å². The Morgan fingerprint density at radius 1 is 1.29 bits per heavy atom. The Morgan fingerprint density at radius 2 is 2.00 bits per heavy atom. The molecule has 0 aliphatic heterocycles. The highest BCUT2D eigenvalue weighted by Crippen LogP contribution is 2.29. The Kier molecular flexibility index (Phi) is 4.22. The van der Waals surface area contributed by atoms with Crippen LogP contribution in [0.5, 0.6) is 5.75 Å². The van der Waals surface area contributed by atoms with Gasteiger partial charge in [-0.2, -0.15) is 0 Å². The van der Waals surface area contributed by atoms with Crippen LogP contribution < -0.4 is 4.74 Å². The van der Waals surface area contributed by atoms with Crippen LogP contribution in [0.2, 0.25) is 0 Å². The Hall–Kier alpha value is -2.02. The molecule has 0 aliphatic rings. The molecule has 0 saturated carbocycles. The van der Waals surface area contributed by atoms with Gasteiger partial charge in [-0.25, -0.2) is 4.98 Å². The van der Waals surface area contributed by atoms with E-state index in [1.807, 2.05) is 13.8 Å². The van der Waals surface area contributed by atoms with Crippen LogP contribution in [0.4, 0.5) is 13.2 Å². The number of benzene rings is 1. The molecule has 1 aromatic heterocycles. The third-order valence-corrected chi connectivity index (χ3v) is 2.94. The summed E-state index contributed by atoms with van der Waals surface area (Å²) in [6.45, 7) is 3.84. The first-order valence-corrected chi connectivity index (χ1v) is 6.33. The summed E-state index contributed by atoms with van der Waals surface area (Å²) in [6.07, 6.45) is -2.78. The van der Waals surface area contributed by atoms with Gasteiger partial charge >= 0.3 is 6.36 Å². The molecule has 0 radical (unpaired) electrons. The van der Waals surface area contributed by atoms with Crippen molar-refractivity contribution in [3.05, 3.63) is 48.0 Å². The topological polar surface area (TPSA) is 47.3 Å². The fourth-order valence-electron chi connectivity index (χ4n) is 2.01. The van der Waals surface area contributed by atoms with Crippen LogP contribution in [-0.4, -0.2) is 21.0 Å². The number of aliphatic hydroxyl groups excluding tert-OH is 1. The highest BCUT2D eigenvalue weighted by Gasteiger charge is 2.31. The second-order valence-corrected chi connectivity index (χ2v) is 4.84. The molecule has 1 unspecified atom stereocenters. The number of ether oxygens (including phenoxy) is 1. The highest BCUT2D eigenvalue weighted by atomic mass is 19.4. The lowest BCUT2D eigenvalue weighted by Crippen LogP contribution is -2.17. The van der Waals surface area contributed by atoms with Crippen LogP contribution >= 0.6 is 0 Å². The molecule has 0 aliphatic carbocycles. The normalized spacial score (nSPS) is 13.5. The van der Waals surface area contributed by atoms with Crippen molar-refractivity contribution < 1.29 is 23.0 Å². The van der Waals surface area contributed by atoms with E-state index in [2.05, 4.69) is 9.72 Å². The average molecular weight is 300 g/mol. The van der Waals surface area contributed by atoms with Gasteiger partial charge in [0, 0.05) is 6.04 Å². The highest BCUT2D eigenvalue weighted by molar-refractivity contribution is 5.33. The fraction of sp³-hybridized carbons (Fsp3) is 0.357. The standard InChI is InChI=1S/C14H15F3N2O2/c1-9(2)19-8-18-7-12(19)13(20)10-4-3-5-11(6-10)21-14(15,16)17/h3-9,13,20H,1-2H3. The lowest BCUT2D eigenvalue weighted by molar-refractivity contribution is -0.274. The summed E-state index contributed by atoms with van der Waals surface area (Å²) in [5, 5.41) is 10.3. The number of aromatic nitrogens is 2. The van der Waals surface area contributed by atoms with Gasteiger partial charge in [-0.15, -0.1) is 13.2 Å². The van der Waals surface area contributed by atoms with Gasteiger partial charge in [0.1, 0.15) is 11.9 Å². The zero-order valence-electron chi connectivity index (χ0n) is 11.5. The molecule has 1 N–H and O–H groups in total. The summed E-state index contributed by atoms with van der Waals surface area (Å²) in [5.74, 6) is -0.366. The minimum atomic E-state index is -4.76. The third-order valence-electron chi connectivity index (χ3n) is 2.94. The van der Waals surface area contributed by atoms with Crippen LogP contribution in [0.3, 0.4) is 0 Å². The van der Waals surface area contributed by atoms with E-state index in [-0.39, 0.29) is 11.8 Å². The minimum Gasteiger partial charge on any atom is -0.406 e. The monoisotopic (exact) mass is 300 g/mol. The number of rotatable bonds is 4. The van der Waals surface area contributed by atoms with Crippen molar-refractivity contribution >= 4 is 0 Å². The van der Waals surface area contributed by atoms with Gasteiger partial charge in [0.15, 0.2) is 0 Å². The molecule has 0 bridgehead atoms. The van der Waals surface area contributed by atoms with Crippen LogP contribution in [-0.2, 0) is 0 Å². The van der Waals surface area contributed by atoms with E-state index in [1.54, 1.807) is 10.9 Å². The molecule has 1 atom stereocenters. The van der Waals surface area contributed by atoms with E-state index in [1.165, 1.54) is 24.4 Å². The van der Waals surface area contributed by atoms with Gasteiger partial charge in [-0.05, 0) is 31.5 Å². The number of halogens is 3. The number of hydrogen-bond acceptors (Lipinski definition) is 3. The number of nitrogens with zero attached hydrogens (tertiary/aromatic N) is 2. The van der Waals surface area contributed by atoms with Crippen LogP contribution in [0.1, 0.15) is 37.3 Å². The molecule has 4 nitrogen and oxygen atoms in total. The van der Waals surface area contributed by atoms with Crippen LogP contribution in [0.25, 0.3) is 0 Å². The van der Waals surface area contributed by atoms with Crippen molar-refractivity contribution in [1.82, 2.24) is 9.55 Å². The first-order chi connectivity index (χ1) is 9.78. The van der Waals surface area contributed by atoms with Crippen LogP contribution in [0, 0.1) is 0 Å². The van der Waals surface area contributed by atoms with Crippen LogP contribution in [0.15, 0.2) is 36.8 Å². The van der Waals surface area contributed by atoms with Gasteiger partial charge in [0.2, 0.25) is 0 Å². The second kappa shape index (κ2) is 5.77. The summed E-state index contributed by atoms with van der Waals surface area (Å²) >= 11 is 0. The Bertz CT molecular complexity index is 608. The second-order valence-electron chi connectivity index (χ2n) is 4.84. The Morgan fingerprint density at radius 3 is 2.62 bits per heavy atom. The predicted octanol–water partition coefficient (Wildman–Crippen LogP) is 3.44. The molecular formula is C14H15F3N2O2. The van der Waals surface area contributed by atoms with Crippen molar-refractivity contribution in [3.63, 3.8) is 0 Å². The quantitative estimate of drug-likeness (QED) is 0.941. The molecule has 0 saturated heterocycles. The van der Waals surface area contributed by atoms with E-state index >= 15 is 0 Å². The first-order valence-electron chi connectivity index (χ1n) is 6.33. The molecule has 21 heavy (non-hydrogen) atoms. The summed E-state index contributed by atoms with van der Waals surface area (Å²) in [4.78, 5) is 3.96. The molecule has 1 heterocycles. The Labute approximate surface area is 119 Å². The maximum Gasteiger partial charge on any atom is 0.573 e. The van der Waals surface area contributed by atoms with Crippen molar-refractivity contribution in [2.75, 3.05) is 0 Å². The number of aliphatic hydroxyl groups is 1. The van der Waals surface area contributed by atoms with Gasteiger partial charge < -0.3 is 14.4 Å². The molecule has 2 rings (SSSR count). The summed E-state index contributed by atoms with van der Waals surface area (Å²) in [5.41, 5.74) is 0.813. The molecule has 114 valence electrons. The predicted molar refractivity (Wildman–Crippen MR) is 69.8 cm³/mol. The SMILES string of the molecule is CC(C)n1cncc1C(O)c1cccc(OC(F)(F)F)c1. The summed E-state index contributed by atoms with van der Waals surface area (Å²) < 4.78 is 42.3. The van der Waals surface area contributed by atoms with Crippen molar-refractivity contribution in [3.8, 4) is 5.75 Å². The van der Waals surface area contributed by atoms with E-state index in [0.717, 1.165) is 6.07 Å². The minimum absolute atomic E-state index is 0.0757. The van der Waals surface area contributed by atoms with Gasteiger partial charge in [-0.1, -0.05) is 12.1 Å². The molecule has 0 fully saturated rings. The van der Waals surface area contributed by atoms with Gasteiger partial charge in [0.05, 0.1) is 18.2 Å². The lowest BCUT2D eigenvalue weighted by Gasteiger charge is -2.17.